The van der Waals surface area contributed by atoms with E-state index in [1.54, 1.807) is 20.2 Å². The van der Waals surface area contributed by atoms with Crippen molar-refractivity contribution in [2.24, 2.45) is 0 Å². The van der Waals surface area contributed by atoms with E-state index >= 15 is 0 Å². The van der Waals surface area contributed by atoms with Crippen LogP contribution in [-0.2, 0) is 15.6 Å². The molecule has 1 amide bonds. The highest BCUT2D eigenvalue weighted by atomic mass is 32.2. The van der Waals surface area contributed by atoms with Crippen molar-refractivity contribution in [1.82, 2.24) is 4.90 Å². The molecule has 0 saturated heterocycles. The van der Waals surface area contributed by atoms with Gasteiger partial charge in [-0.3, -0.25) is 9.00 Å². The lowest BCUT2D eigenvalue weighted by molar-refractivity contribution is -0.125. The normalized spacial score (nSPS) is 12.7. The van der Waals surface area contributed by atoms with E-state index in [9.17, 15) is 9.00 Å². The van der Waals surface area contributed by atoms with E-state index in [1.807, 2.05) is 36.4 Å². The van der Waals surface area contributed by atoms with E-state index in [1.165, 1.54) is 4.90 Å². The second-order valence-corrected chi connectivity index (χ2v) is 6.49. The third-order valence-electron chi connectivity index (χ3n) is 3.36. The van der Waals surface area contributed by atoms with Gasteiger partial charge in [-0.05, 0) is 24.3 Å². The topological polar surface area (TPSA) is 50.5 Å². The molecule has 108 valence electrons. The summed E-state index contributed by atoms with van der Waals surface area (Å²) in [7, 11) is 1.97. The van der Waals surface area contributed by atoms with Crippen molar-refractivity contribution >= 4 is 38.6 Å². The van der Waals surface area contributed by atoms with Crippen LogP contribution in [0.2, 0.25) is 0 Å². The fourth-order valence-corrected chi connectivity index (χ4v) is 3.29. The van der Waals surface area contributed by atoms with Gasteiger partial charge in [0.1, 0.15) is 16.9 Å². The first kappa shape index (κ1) is 13.8. The Hall–Kier alpha value is -2.14. The highest BCUT2D eigenvalue weighted by Crippen LogP contribution is 2.29. The van der Waals surface area contributed by atoms with Crippen molar-refractivity contribution < 1.29 is 13.4 Å². The molecule has 1 heterocycles. The van der Waals surface area contributed by atoms with Crippen LogP contribution < -0.4 is 0 Å². The standard InChI is InChI=1S/C16H15NO3S/c1-17(2)16(18)10-21(19)11-7-8-15-13(9-11)12-5-3-4-6-14(12)20-15/h3-9H,10H2,1-2H3. The van der Waals surface area contributed by atoms with Crippen molar-refractivity contribution in [1.29, 1.82) is 0 Å². The second-order valence-electron chi connectivity index (χ2n) is 5.03. The average Bonchev–Trinajstić information content (AvgIpc) is 2.84. The fraction of sp³-hybridized carbons (Fsp3) is 0.188. The van der Waals surface area contributed by atoms with Crippen LogP contribution in [0.25, 0.3) is 21.9 Å². The summed E-state index contributed by atoms with van der Waals surface area (Å²) in [5.74, 6) is -0.153. The molecule has 0 spiro atoms. The first-order valence-corrected chi connectivity index (χ1v) is 7.88. The van der Waals surface area contributed by atoms with Crippen LogP contribution in [0.4, 0.5) is 0 Å². The van der Waals surface area contributed by atoms with Crippen molar-refractivity contribution in [2.75, 3.05) is 19.8 Å². The first-order chi connectivity index (χ1) is 10.1. The van der Waals surface area contributed by atoms with Crippen molar-refractivity contribution in [3.63, 3.8) is 0 Å². The average molecular weight is 301 g/mol. The van der Waals surface area contributed by atoms with Gasteiger partial charge in [0, 0.05) is 29.8 Å². The quantitative estimate of drug-likeness (QED) is 0.747. The number of nitrogens with zero attached hydrogens (tertiary/aromatic N) is 1. The van der Waals surface area contributed by atoms with Crippen molar-refractivity contribution in [3.05, 3.63) is 42.5 Å². The highest BCUT2D eigenvalue weighted by Gasteiger charge is 2.14. The van der Waals surface area contributed by atoms with Crippen LogP contribution in [0, 0.1) is 0 Å². The molecular weight excluding hydrogens is 286 g/mol. The SMILES string of the molecule is CN(C)C(=O)CS(=O)c1ccc2oc3ccccc3c2c1. The van der Waals surface area contributed by atoms with E-state index in [0.717, 1.165) is 21.9 Å². The molecule has 1 atom stereocenters. The van der Waals surface area contributed by atoms with E-state index in [0.29, 0.717) is 4.90 Å². The first-order valence-electron chi connectivity index (χ1n) is 6.56. The van der Waals surface area contributed by atoms with Crippen LogP contribution >= 0.6 is 0 Å². The molecule has 0 saturated carbocycles. The summed E-state index contributed by atoms with van der Waals surface area (Å²) in [6.07, 6.45) is 0. The molecule has 0 fully saturated rings. The van der Waals surface area contributed by atoms with Gasteiger partial charge in [0.05, 0.1) is 10.8 Å². The van der Waals surface area contributed by atoms with Crippen LogP contribution in [0.15, 0.2) is 51.8 Å². The number of carbonyl (C=O) groups excluding carboxylic acids is 1. The van der Waals surface area contributed by atoms with Gasteiger partial charge in [0.15, 0.2) is 0 Å². The zero-order chi connectivity index (χ0) is 15.0. The summed E-state index contributed by atoms with van der Waals surface area (Å²) < 4.78 is 18.0. The van der Waals surface area contributed by atoms with Gasteiger partial charge in [0.2, 0.25) is 5.91 Å². The zero-order valence-corrected chi connectivity index (χ0v) is 12.6. The van der Waals surface area contributed by atoms with Crippen LogP contribution in [-0.4, -0.2) is 34.9 Å². The van der Waals surface area contributed by atoms with Crippen molar-refractivity contribution in [2.45, 2.75) is 4.90 Å². The van der Waals surface area contributed by atoms with Crippen LogP contribution in [0.5, 0.6) is 0 Å². The third-order valence-corrected chi connectivity index (χ3v) is 4.65. The molecular formula is C16H15NO3S. The number of benzene rings is 2. The molecule has 0 bridgehead atoms. The maximum absolute atomic E-state index is 12.3. The largest absolute Gasteiger partial charge is 0.456 e. The molecule has 0 aliphatic rings. The number of para-hydroxylation sites is 1. The molecule has 4 nitrogen and oxygen atoms in total. The minimum Gasteiger partial charge on any atom is -0.456 e. The Kier molecular flexibility index (Phi) is 3.51. The lowest BCUT2D eigenvalue weighted by Gasteiger charge is -2.09. The number of rotatable bonds is 3. The predicted octanol–water partition coefficient (Wildman–Crippen LogP) is 2.78. The molecule has 0 aliphatic carbocycles. The number of furan rings is 1. The van der Waals surface area contributed by atoms with Gasteiger partial charge >= 0.3 is 0 Å². The Morgan fingerprint density at radius 3 is 2.57 bits per heavy atom. The van der Waals surface area contributed by atoms with Crippen LogP contribution in [0.3, 0.4) is 0 Å². The van der Waals surface area contributed by atoms with Gasteiger partial charge in [-0.1, -0.05) is 18.2 Å². The number of amides is 1. The van der Waals surface area contributed by atoms with Gasteiger partial charge in [-0.25, -0.2) is 0 Å². The number of hydrogen-bond donors (Lipinski definition) is 0. The molecule has 0 N–H and O–H groups in total. The van der Waals surface area contributed by atoms with Crippen molar-refractivity contribution in [3.8, 4) is 0 Å². The Morgan fingerprint density at radius 2 is 1.81 bits per heavy atom. The summed E-state index contributed by atoms with van der Waals surface area (Å²) in [6, 6.07) is 13.1. The molecule has 3 rings (SSSR count). The molecule has 0 aliphatic heterocycles. The molecule has 1 aromatic heterocycles. The number of hydrogen-bond acceptors (Lipinski definition) is 3. The Balaban J connectivity index is 2.02. The molecule has 1 unspecified atom stereocenters. The fourth-order valence-electron chi connectivity index (χ4n) is 2.17. The minimum atomic E-state index is -1.35. The molecule has 2 aromatic carbocycles. The molecule has 0 radical (unpaired) electrons. The van der Waals surface area contributed by atoms with Gasteiger partial charge < -0.3 is 9.32 Å². The predicted molar refractivity (Wildman–Crippen MR) is 83.7 cm³/mol. The lowest BCUT2D eigenvalue weighted by atomic mass is 10.1. The summed E-state index contributed by atoms with van der Waals surface area (Å²) in [6.45, 7) is 0. The maximum atomic E-state index is 12.3. The Labute approximate surface area is 124 Å². The number of fused-ring (bicyclic) bond motifs is 3. The van der Waals surface area contributed by atoms with E-state index < -0.39 is 10.8 Å². The van der Waals surface area contributed by atoms with Gasteiger partial charge in [0.25, 0.3) is 0 Å². The van der Waals surface area contributed by atoms with Gasteiger partial charge in [-0.2, -0.15) is 0 Å². The third kappa shape index (κ3) is 2.56. The van der Waals surface area contributed by atoms with Crippen LogP contribution in [0.1, 0.15) is 0 Å². The monoisotopic (exact) mass is 301 g/mol. The van der Waals surface area contributed by atoms with E-state index in [2.05, 4.69) is 0 Å². The molecule has 5 heteroatoms. The number of carbonyl (C=O) groups is 1. The summed E-state index contributed by atoms with van der Waals surface area (Å²) in [4.78, 5) is 13.8. The molecule has 21 heavy (non-hydrogen) atoms. The molecule has 3 aromatic rings. The van der Waals surface area contributed by atoms with E-state index in [4.69, 9.17) is 4.42 Å². The zero-order valence-electron chi connectivity index (χ0n) is 11.8. The second kappa shape index (κ2) is 5.33. The van der Waals surface area contributed by atoms with Gasteiger partial charge in [-0.15, -0.1) is 0 Å². The Morgan fingerprint density at radius 1 is 1.10 bits per heavy atom. The smallest absolute Gasteiger partial charge is 0.235 e. The lowest BCUT2D eigenvalue weighted by Crippen LogP contribution is -2.26. The Bertz CT molecular complexity index is 851. The summed E-state index contributed by atoms with van der Waals surface area (Å²) in [5, 5.41) is 1.92. The minimum absolute atomic E-state index is 0.00566. The summed E-state index contributed by atoms with van der Waals surface area (Å²) >= 11 is 0. The summed E-state index contributed by atoms with van der Waals surface area (Å²) in [5.41, 5.74) is 1.57. The highest BCUT2D eigenvalue weighted by molar-refractivity contribution is 7.85. The maximum Gasteiger partial charge on any atom is 0.235 e. The van der Waals surface area contributed by atoms with E-state index in [-0.39, 0.29) is 11.7 Å².